The zero-order valence-corrected chi connectivity index (χ0v) is 14.1. The van der Waals surface area contributed by atoms with Gasteiger partial charge in [0, 0.05) is 19.6 Å². The number of rotatable bonds is 6. The summed E-state index contributed by atoms with van der Waals surface area (Å²) < 4.78 is 6.82. The molecule has 0 spiro atoms. The van der Waals surface area contributed by atoms with E-state index < -0.39 is 12.1 Å². The molecule has 134 valence electrons. The van der Waals surface area contributed by atoms with E-state index in [1.54, 1.807) is 6.92 Å². The Morgan fingerprint density at radius 2 is 2.04 bits per heavy atom. The van der Waals surface area contributed by atoms with Crippen LogP contribution in [0.4, 0.5) is 0 Å². The van der Waals surface area contributed by atoms with Gasteiger partial charge in [-0.1, -0.05) is 24.3 Å². The predicted molar refractivity (Wildman–Crippen MR) is 88.6 cm³/mol. The third-order valence-electron chi connectivity index (χ3n) is 4.23. The van der Waals surface area contributed by atoms with E-state index >= 15 is 0 Å². The highest BCUT2D eigenvalue weighted by Crippen LogP contribution is 2.18. The largest absolute Gasteiger partial charge is 0.460 e. The van der Waals surface area contributed by atoms with Crippen LogP contribution in [0.1, 0.15) is 40.6 Å². The lowest BCUT2D eigenvalue weighted by molar-refractivity contribution is 0.0502. The minimum absolute atomic E-state index is 0.263. The maximum absolute atomic E-state index is 11.9. The van der Waals surface area contributed by atoms with Crippen LogP contribution in [0.5, 0.6) is 0 Å². The molecular weight excluding hydrogens is 324 g/mol. The Balaban J connectivity index is 1.64. The van der Waals surface area contributed by atoms with E-state index in [1.165, 1.54) is 0 Å². The average Bonchev–Trinajstić information content (AvgIpc) is 3.05. The van der Waals surface area contributed by atoms with Crippen LogP contribution in [-0.2, 0) is 24.4 Å². The van der Waals surface area contributed by atoms with Crippen molar-refractivity contribution in [3.05, 3.63) is 47.0 Å². The van der Waals surface area contributed by atoms with Crippen molar-refractivity contribution in [3.63, 3.8) is 0 Å². The number of benzene rings is 1. The zero-order valence-electron chi connectivity index (χ0n) is 14.1. The number of aliphatic hydroxyl groups excluding tert-OH is 2. The first-order valence-corrected chi connectivity index (χ1v) is 8.31. The van der Waals surface area contributed by atoms with E-state index in [0.717, 1.165) is 24.5 Å². The lowest BCUT2D eigenvalue weighted by Crippen LogP contribution is -2.34. The fraction of sp³-hybridized carbons (Fsp3) is 0.471. The molecule has 8 heteroatoms. The molecule has 2 heterocycles. The lowest BCUT2D eigenvalue weighted by Gasteiger charge is -2.27. The highest BCUT2D eigenvalue weighted by Gasteiger charge is 2.25. The van der Waals surface area contributed by atoms with E-state index in [1.807, 2.05) is 28.8 Å². The Hall–Kier alpha value is -2.29. The van der Waals surface area contributed by atoms with Crippen molar-refractivity contribution >= 4 is 5.97 Å². The Kier molecular flexibility index (Phi) is 5.42. The van der Waals surface area contributed by atoms with Gasteiger partial charge in [0.05, 0.1) is 19.8 Å². The second kappa shape index (κ2) is 7.73. The summed E-state index contributed by atoms with van der Waals surface area (Å²) in [6.07, 6.45) is -0.844. The van der Waals surface area contributed by atoms with E-state index in [0.29, 0.717) is 25.3 Å². The highest BCUT2D eigenvalue weighted by molar-refractivity contribution is 5.85. The van der Waals surface area contributed by atoms with Crippen molar-refractivity contribution in [2.24, 2.45) is 0 Å². The number of hydrogen-bond acceptors (Lipinski definition) is 7. The number of carbonyl (C=O) groups is 1. The molecule has 25 heavy (non-hydrogen) atoms. The van der Waals surface area contributed by atoms with Gasteiger partial charge in [-0.15, -0.1) is 10.2 Å². The van der Waals surface area contributed by atoms with E-state index in [4.69, 9.17) is 9.84 Å². The van der Waals surface area contributed by atoms with Gasteiger partial charge in [0.2, 0.25) is 5.82 Å². The first-order chi connectivity index (χ1) is 12.1. The van der Waals surface area contributed by atoms with Gasteiger partial charge in [0.25, 0.3) is 0 Å². The van der Waals surface area contributed by atoms with Crippen LogP contribution in [0, 0.1) is 0 Å². The van der Waals surface area contributed by atoms with Gasteiger partial charge in [0.1, 0.15) is 11.9 Å². The monoisotopic (exact) mass is 346 g/mol. The normalized spacial score (nSPS) is 15.6. The molecule has 2 aromatic rings. The molecule has 2 N–H and O–H groups in total. The number of aliphatic hydroxyl groups is 2. The summed E-state index contributed by atoms with van der Waals surface area (Å²) in [4.78, 5) is 14.1. The SMILES string of the molecule is CCOC(=O)c1nnc2n1CCN(Cc1ccc([C@H](O)CO)cc1)C2. The summed E-state index contributed by atoms with van der Waals surface area (Å²) in [5.41, 5.74) is 1.80. The predicted octanol–water partition coefficient (Wildman–Crippen LogP) is 0.496. The van der Waals surface area contributed by atoms with Crippen LogP contribution in [0.25, 0.3) is 0 Å². The second-order valence-electron chi connectivity index (χ2n) is 5.96. The molecular formula is C17H22N4O4. The van der Waals surface area contributed by atoms with Gasteiger partial charge < -0.3 is 19.5 Å². The number of esters is 1. The maximum Gasteiger partial charge on any atom is 0.376 e. The Bertz CT molecular complexity index is 729. The number of ether oxygens (including phenoxy) is 1. The van der Waals surface area contributed by atoms with E-state index in [2.05, 4.69) is 15.1 Å². The van der Waals surface area contributed by atoms with Gasteiger partial charge >= 0.3 is 5.97 Å². The van der Waals surface area contributed by atoms with E-state index in [9.17, 15) is 9.90 Å². The summed E-state index contributed by atoms with van der Waals surface area (Å²) in [5.74, 6) is 0.577. The standard InChI is InChI=1S/C17H22N4O4/c1-2-25-17(24)16-19-18-15-10-20(7-8-21(15)16)9-12-3-5-13(6-4-12)14(23)11-22/h3-6,14,22-23H,2,7-11H2,1H3/t14-/m1/s1. The molecule has 0 bridgehead atoms. The molecule has 0 radical (unpaired) electrons. The first kappa shape index (κ1) is 17.5. The molecule has 0 fully saturated rings. The molecule has 1 aromatic carbocycles. The summed E-state index contributed by atoms with van der Waals surface area (Å²) >= 11 is 0. The van der Waals surface area contributed by atoms with Gasteiger partial charge in [-0.05, 0) is 18.1 Å². The van der Waals surface area contributed by atoms with Gasteiger partial charge in [-0.2, -0.15) is 0 Å². The quantitative estimate of drug-likeness (QED) is 0.734. The van der Waals surface area contributed by atoms with Crippen LogP contribution < -0.4 is 0 Å². The summed E-state index contributed by atoms with van der Waals surface area (Å²) in [5, 5.41) is 26.7. The summed E-state index contributed by atoms with van der Waals surface area (Å²) in [6.45, 7) is 4.54. The molecule has 1 atom stereocenters. The second-order valence-corrected chi connectivity index (χ2v) is 5.96. The molecule has 1 aliphatic rings. The number of hydrogen-bond donors (Lipinski definition) is 2. The van der Waals surface area contributed by atoms with Crippen molar-refractivity contribution in [1.29, 1.82) is 0 Å². The van der Waals surface area contributed by atoms with Crippen molar-refractivity contribution in [2.75, 3.05) is 19.8 Å². The van der Waals surface area contributed by atoms with Crippen LogP contribution in [-0.4, -0.2) is 55.6 Å². The molecule has 1 aromatic heterocycles. The molecule has 3 rings (SSSR count). The molecule has 0 saturated heterocycles. The Labute approximate surface area is 145 Å². The Morgan fingerprint density at radius 3 is 2.72 bits per heavy atom. The van der Waals surface area contributed by atoms with Gasteiger partial charge in [-0.3, -0.25) is 4.90 Å². The third kappa shape index (κ3) is 3.87. The molecule has 8 nitrogen and oxygen atoms in total. The first-order valence-electron chi connectivity index (χ1n) is 8.31. The van der Waals surface area contributed by atoms with Crippen molar-refractivity contribution < 1.29 is 19.7 Å². The smallest absolute Gasteiger partial charge is 0.376 e. The van der Waals surface area contributed by atoms with Gasteiger partial charge in [0.15, 0.2) is 0 Å². The van der Waals surface area contributed by atoms with Crippen LogP contribution in [0.3, 0.4) is 0 Å². The molecule has 0 unspecified atom stereocenters. The molecule has 0 aliphatic carbocycles. The van der Waals surface area contributed by atoms with Crippen LogP contribution in [0.15, 0.2) is 24.3 Å². The molecule has 1 aliphatic heterocycles. The lowest BCUT2D eigenvalue weighted by atomic mass is 10.1. The highest BCUT2D eigenvalue weighted by atomic mass is 16.5. The number of fused-ring (bicyclic) bond motifs is 1. The van der Waals surface area contributed by atoms with Crippen molar-refractivity contribution in [3.8, 4) is 0 Å². The Morgan fingerprint density at radius 1 is 1.28 bits per heavy atom. The minimum Gasteiger partial charge on any atom is -0.460 e. The minimum atomic E-state index is -0.844. The van der Waals surface area contributed by atoms with Crippen LogP contribution >= 0.6 is 0 Å². The number of carbonyl (C=O) groups excluding carboxylic acids is 1. The average molecular weight is 346 g/mol. The van der Waals surface area contributed by atoms with E-state index in [-0.39, 0.29) is 12.4 Å². The fourth-order valence-electron chi connectivity index (χ4n) is 2.90. The van der Waals surface area contributed by atoms with Crippen molar-refractivity contribution in [1.82, 2.24) is 19.7 Å². The zero-order chi connectivity index (χ0) is 17.8. The summed E-state index contributed by atoms with van der Waals surface area (Å²) in [6, 6.07) is 7.53. The fourth-order valence-corrected chi connectivity index (χ4v) is 2.90. The van der Waals surface area contributed by atoms with Gasteiger partial charge in [-0.25, -0.2) is 4.79 Å². The number of nitrogens with zero attached hydrogens (tertiary/aromatic N) is 4. The topological polar surface area (TPSA) is 101 Å². The van der Waals surface area contributed by atoms with Crippen molar-refractivity contribution in [2.45, 2.75) is 32.7 Å². The third-order valence-corrected chi connectivity index (χ3v) is 4.23. The number of aromatic nitrogens is 3. The molecule has 0 amide bonds. The molecule has 0 saturated carbocycles. The van der Waals surface area contributed by atoms with Crippen LogP contribution in [0.2, 0.25) is 0 Å². The summed E-state index contributed by atoms with van der Waals surface area (Å²) in [7, 11) is 0. The maximum atomic E-state index is 11.9.